The van der Waals surface area contributed by atoms with Gasteiger partial charge in [0, 0.05) is 0 Å². The summed E-state index contributed by atoms with van der Waals surface area (Å²) >= 11 is 0. The minimum atomic E-state index is 1.33. The fourth-order valence-corrected chi connectivity index (χ4v) is 3.18. The third kappa shape index (κ3) is 17.6. The van der Waals surface area contributed by atoms with E-state index in [4.69, 9.17) is 0 Å². The molecule has 40 heavy (non-hydrogen) atoms. The molecule has 0 aromatic heterocycles. The second-order valence-electron chi connectivity index (χ2n) is 10.8. The van der Waals surface area contributed by atoms with Crippen LogP contribution in [0.25, 0.3) is 0 Å². The van der Waals surface area contributed by atoms with E-state index in [0.717, 1.165) is 0 Å². The van der Waals surface area contributed by atoms with Crippen molar-refractivity contribution in [2.24, 2.45) is 0 Å². The van der Waals surface area contributed by atoms with Gasteiger partial charge in [-0.25, -0.2) is 0 Å². The summed E-state index contributed by atoms with van der Waals surface area (Å²) in [7, 11) is 0. The predicted octanol–water partition coefficient (Wildman–Crippen LogP) is 11.5. The molecule has 0 unspecified atom stereocenters. The van der Waals surface area contributed by atoms with Crippen LogP contribution in [-0.2, 0) is 0 Å². The van der Waals surface area contributed by atoms with Crippen molar-refractivity contribution in [1.29, 1.82) is 0 Å². The van der Waals surface area contributed by atoms with Crippen LogP contribution in [0.5, 0.6) is 0 Å². The first kappa shape index (κ1) is 34.1. The number of hydrogen-bond acceptors (Lipinski definition) is 0. The highest BCUT2D eigenvalue weighted by molar-refractivity contribution is 5.22. The maximum Gasteiger partial charge on any atom is -0.0398 e. The lowest BCUT2D eigenvalue weighted by molar-refractivity contribution is 1.40. The van der Waals surface area contributed by atoms with Crippen LogP contribution in [-0.4, -0.2) is 0 Å². The Morgan fingerprint density at radius 3 is 0.250 bits per heavy atom. The van der Waals surface area contributed by atoms with Gasteiger partial charge in [-0.3, -0.25) is 0 Å². The highest BCUT2D eigenvalue weighted by Crippen LogP contribution is 2.02. The van der Waals surface area contributed by atoms with E-state index in [9.17, 15) is 0 Å². The van der Waals surface area contributed by atoms with E-state index in [1.54, 1.807) is 0 Å². The molecule has 0 aliphatic carbocycles. The standard InChI is InChI=1S/5C8H10/c5*1-7-3-5-8(2)6-4-7/h5*3-6H,1-2H3. The van der Waals surface area contributed by atoms with E-state index < -0.39 is 0 Å². The molecular formula is C40H50. The fraction of sp³-hybridized carbons (Fsp3) is 0.250. The average molecular weight is 531 g/mol. The van der Waals surface area contributed by atoms with E-state index in [2.05, 4.69) is 191 Å². The summed E-state index contributed by atoms with van der Waals surface area (Å²) in [5.41, 5.74) is 13.3. The van der Waals surface area contributed by atoms with Crippen molar-refractivity contribution in [2.45, 2.75) is 69.2 Å². The molecule has 5 aromatic carbocycles. The Balaban J connectivity index is 0.000000250. The van der Waals surface area contributed by atoms with Gasteiger partial charge in [0.15, 0.2) is 0 Å². The van der Waals surface area contributed by atoms with Crippen LogP contribution in [0, 0.1) is 69.2 Å². The summed E-state index contributed by atoms with van der Waals surface area (Å²) in [6, 6.07) is 42.4. The van der Waals surface area contributed by atoms with Gasteiger partial charge in [-0.2, -0.15) is 0 Å². The molecule has 0 aliphatic rings. The molecule has 0 amide bonds. The normalized spacial score (nSPS) is 9.25. The summed E-state index contributed by atoms with van der Waals surface area (Å²) in [4.78, 5) is 0. The minimum Gasteiger partial charge on any atom is -0.0591 e. The van der Waals surface area contributed by atoms with Gasteiger partial charge in [0.05, 0.1) is 0 Å². The zero-order valence-corrected chi connectivity index (χ0v) is 26.5. The Labute approximate surface area is 245 Å². The molecule has 0 heteroatoms. The monoisotopic (exact) mass is 530 g/mol. The zero-order chi connectivity index (χ0) is 29.9. The molecule has 0 saturated carbocycles. The van der Waals surface area contributed by atoms with Gasteiger partial charge >= 0.3 is 0 Å². The number of benzene rings is 5. The van der Waals surface area contributed by atoms with Crippen molar-refractivity contribution in [3.05, 3.63) is 177 Å². The first-order chi connectivity index (χ1) is 18.9. The van der Waals surface area contributed by atoms with Crippen LogP contribution in [0.15, 0.2) is 121 Å². The summed E-state index contributed by atoms with van der Waals surface area (Å²) in [5.74, 6) is 0. The van der Waals surface area contributed by atoms with Crippen LogP contribution in [0.1, 0.15) is 55.6 Å². The lowest BCUT2D eigenvalue weighted by atomic mass is 10.2. The lowest BCUT2D eigenvalue weighted by Crippen LogP contribution is -1.70. The van der Waals surface area contributed by atoms with E-state index >= 15 is 0 Å². The maximum absolute atomic E-state index is 2.12. The zero-order valence-electron chi connectivity index (χ0n) is 26.5. The van der Waals surface area contributed by atoms with Gasteiger partial charge in [0.25, 0.3) is 0 Å². The van der Waals surface area contributed by atoms with Crippen molar-refractivity contribution >= 4 is 0 Å². The Hall–Kier alpha value is -3.90. The Morgan fingerprint density at radius 1 is 0.150 bits per heavy atom. The second kappa shape index (κ2) is 19.2. The van der Waals surface area contributed by atoms with Gasteiger partial charge in [-0.05, 0) is 69.2 Å². The lowest BCUT2D eigenvalue weighted by Gasteiger charge is -1.90. The van der Waals surface area contributed by atoms with Crippen LogP contribution < -0.4 is 0 Å². The molecule has 0 fully saturated rings. The van der Waals surface area contributed by atoms with E-state index in [0.29, 0.717) is 0 Å². The summed E-state index contributed by atoms with van der Waals surface area (Å²) in [5, 5.41) is 0. The first-order valence-corrected chi connectivity index (χ1v) is 14.1. The maximum atomic E-state index is 2.12. The summed E-state index contributed by atoms with van der Waals surface area (Å²) in [6.07, 6.45) is 0. The van der Waals surface area contributed by atoms with Crippen LogP contribution in [0.3, 0.4) is 0 Å². The van der Waals surface area contributed by atoms with Crippen LogP contribution >= 0.6 is 0 Å². The molecule has 5 rings (SSSR count). The molecule has 0 bridgehead atoms. The van der Waals surface area contributed by atoms with Gasteiger partial charge in [0.1, 0.15) is 0 Å². The minimum absolute atomic E-state index is 1.33. The molecule has 5 aromatic rings. The molecule has 0 saturated heterocycles. The third-order valence-electron chi connectivity index (χ3n) is 6.09. The number of hydrogen-bond donors (Lipinski definition) is 0. The second-order valence-corrected chi connectivity index (χ2v) is 10.8. The highest BCUT2D eigenvalue weighted by Gasteiger charge is 1.82. The smallest absolute Gasteiger partial charge is 0.0398 e. The Kier molecular flexibility index (Phi) is 16.4. The van der Waals surface area contributed by atoms with Crippen molar-refractivity contribution in [2.75, 3.05) is 0 Å². The van der Waals surface area contributed by atoms with Crippen molar-refractivity contribution in [3.8, 4) is 0 Å². The highest BCUT2D eigenvalue weighted by atomic mass is 13.9. The van der Waals surface area contributed by atoms with Crippen LogP contribution in [0.4, 0.5) is 0 Å². The first-order valence-electron chi connectivity index (χ1n) is 14.1. The van der Waals surface area contributed by atoms with Crippen LogP contribution in [0.2, 0.25) is 0 Å². The SMILES string of the molecule is Cc1ccc(C)cc1.Cc1ccc(C)cc1.Cc1ccc(C)cc1.Cc1ccc(C)cc1.Cc1ccc(C)cc1. The quantitative estimate of drug-likeness (QED) is 0.187. The van der Waals surface area contributed by atoms with Gasteiger partial charge in [0.2, 0.25) is 0 Å². The molecule has 0 nitrogen and oxygen atoms in total. The predicted molar refractivity (Wildman–Crippen MR) is 180 cm³/mol. The molecular weight excluding hydrogens is 480 g/mol. The van der Waals surface area contributed by atoms with Gasteiger partial charge in [-0.15, -0.1) is 0 Å². The number of aryl methyl sites for hydroxylation is 10. The van der Waals surface area contributed by atoms with Crippen molar-refractivity contribution < 1.29 is 0 Å². The third-order valence-corrected chi connectivity index (χ3v) is 6.09. The topological polar surface area (TPSA) is 0 Å². The van der Waals surface area contributed by atoms with Crippen molar-refractivity contribution in [3.63, 3.8) is 0 Å². The Bertz CT molecular complexity index is 947. The van der Waals surface area contributed by atoms with Crippen molar-refractivity contribution in [1.82, 2.24) is 0 Å². The average Bonchev–Trinajstić information content (AvgIpc) is 2.94. The molecule has 0 aliphatic heterocycles. The molecule has 0 N–H and O–H groups in total. The molecule has 0 atom stereocenters. The van der Waals surface area contributed by atoms with Gasteiger partial charge in [-0.1, -0.05) is 177 Å². The van der Waals surface area contributed by atoms with Gasteiger partial charge < -0.3 is 0 Å². The molecule has 0 spiro atoms. The van der Waals surface area contributed by atoms with E-state index in [-0.39, 0.29) is 0 Å². The number of rotatable bonds is 0. The molecule has 0 radical (unpaired) electrons. The molecule has 0 heterocycles. The fourth-order valence-electron chi connectivity index (χ4n) is 3.18. The summed E-state index contributed by atoms with van der Waals surface area (Å²) in [6.45, 7) is 21.0. The van der Waals surface area contributed by atoms with E-state index in [1.807, 2.05) is 0 Å². The van der Waals surface area contributed by atoms with E-state index in [1.165, 1.54) is 55.6 Å². The Morgan fingerprint density at radius 2 is 0.200 bits per heavy atom. The largest absolute Gasteiger partial charge is 0.0591 e. The molecule has 210 valence electrons. The summed E-state index contributed by atoms with van der Waals surface area (Å²) < 4.78 is 0.